The van der Waals surface area contributed by atoms with Crippen LogP contribution in [0.3, 0.4) is 0 Å². The van der Waals surface area contributed by atoms with Gasteiger partial charge in [0.2, 0.25) is 10.0 Å². The van der Waals surface area contributed by atoms with Crippen LogP contribution in [0.25, 0.3) is 0 Å². The molecular weight excluding hydrogens is 250 g/mol. The number of nitrogens with one attached hydrogen (secondary N) is 2. The van der Waals surface area contributed by atoms with Gasteiger partial charge in [-0.25, -0.2) is 8.42 Å². The van der Waals surface area contributed by atoms with E-state index in [1.54, 1.807) is 18.5 Å². The summed E-state index contributed by atoms with van der Waals surface area (Å²) in [6, 6.07) is 1.79. The number of hydrogen-bond acceptors (Lipinski definition) is 4. The Labute approximate surface area is 108 Å². The molecular formula is C12H19N3O2S. The minimum Gasteiger partial charge on any atom is -0.317 e. The molecule has 1 aliphatic heterocycles. The quantitative estimate of drug-likeness (QED) is 0.859. The van der Waals surface area contributed by atoms with Crippen LogP contribution in [0.4, 0.5) is 5.69 Å². The Hall–Kier alpha value is -1.14. The van der Waals surface area contributed by atoms with Crippen molar-refractivity contribution in [3.63, 3.8) is 0 Å². The second-order valence-electron chi connectivity index (χ2n) is 4.77. The monoisotopic (exact) mass is 269 g/mol. The van der Waals surface area contributed by atoms with E-state index in [1.165, 1.54) is 0 Å². The molecule has 0 atom stereocenters. The maximum absolute atomic E-state index is 12.1. The van der Waals surface area contributed by atoms with E-state index in [0.717, 1.165) is 31.5 Å². The standard InChI is InChI=1S/C12H19N3O2S/c1-10-2-5-14-8-12(10)15-18(16,17)9-11-3-6-13-7-4-11/h2,5,8,11,13,15H,3-4,6-7,9H2,1H3. The first-order valence-corrected chi connectivity index (χ1v) is 7.84. The molecule has 0 unspecified atom stereocenters. The van der Waals surface area contributed by atoms with E-state index in [2.05, 4.69) is 15.0 Å². The zero-order valence-electron chi connectivity index (χ0n) is 10.5. The molecule has 0 amide bonds. The van der Waals surface area contributed by atoms with E-state index in [0.29, 0.717) is 5.69 Å². The Morgan fingerprint density at radius 2 is 2.17 bits per heavy atom. The molecule has 100 valence electrons. The molecule has 2 rings (SSSR count). The topological polar surface area (TPSA) is 71.1 Å². The van der Waals surface area contributed by atoms with Crippen molar-refractivity contribution in [1.82, 2.24) is 10.3 Å². The first kappa shape index (κ1) is 13.3. The normalized spacial score (nSPS) is 17.6. The van der Waals surface area contributed by atoms with Gasteiger partial charge in [-0.3, -0.25) is 9.71 Å². The van der Waals surface area contributed by atoms with Gasteiger partial charge in [-0.15, -0.1) is 0 Å². The van der Waals surface area contributed by atoms with E-state index in [-0.39, 0.29) is 11.7 Å². The molecule has 0 saturated carbocycles. The Morgan fingerprint density at radius 1 is 1.44 bits per heavy atom. The van der Waals surface area contributed by atoms with Crippen molar-refractivity contribution in [2.24, 2.45) is 5.92 Å². The molecule has 2 heterocycles. The van der Waals surface area contributed by atoms with Gasteiger partial charge >= 0.3 is 0 Å². The molecule has 0 aromatic carbocycles. The van der Waals surface area contributed by atoms with Crippen molar-refractivity contribution in [2.45, 2.75) is 19.8 Å². The van der Waals surface area contributed by atoms with Crippen LogP contribution in [0, 0.1) is 12.8 Å². The molecule has 0 aliphatic carbocycles. The van der Waals surface area contributed by atoms with Crippen molar-refractivity contribution in [3.8, 4) is 0 Å². The highest BCUT2D eigenvalue weighted by Crippen LogP contribution is 2.18. The van der Waals surface area contributed by atoms with Crippen molar-refractivity contribution >= 4 is 15.7 Å². The zero-order valence-corrected chi connectivity index (χ0v) is 11.3. The lowest BCUT2D eigenvalue weighted by molar-refractivity contribution is 0.402. The zero-order chi connectivity index (χ0) is 13.0. The summed E-state index contributed by atoms with van der Waals surface area (Å²) in [7, 11) is -3.27. The molecule has 1 aromatic heterocycles. The lowest BCUT2D eigenvalue weighted by Crippen LogP contribution is -2.33. The second-order valence-corrected chi connectivity index (χ2v) is 6.53. The van der Waals surface area contributed by atoms with Gasteiger partial charge in [0, 0.05) is 6.20 Å². The summed E-state index contributed by atoms with van der Waals surface area (Å²) in [5.41, 5.74) is 1.46. The van der Waals surface area contributed by atoms with E-state index in [9.17, 15) is 8.42 Å². The van der Waals surface area contributed by atoms with Crippen molar-refractivity contribution in [1.29, 1.82) is 0 Å². The van der Waals surface area contributed by atoms with Gasteiger partial charge < -0.3 is 5.32 Å². The fourth-order valence-corrected chi connectivity index (χ4v) is 3.72. The van der Waals surface area contributed by atoms with Gasteiger partial charge in [0.05, 0.1) is 17.6 Å². The predicted octanol–water partition coefficient (Wildman–Crippen LogP) is 1.13. The largest absolute Gasteiger partial charge is 0.317 e. The third kappa shape index (κ3) is 3.68. The lowest BCUT2D eigenvalue weighted by Gasteiger charge is -2.22. The molecule has 5 nitrogen and oxygen atoms in total. The summed E-state index contributed by atoms with van der Waals surface area (Å²) < 4.78 is 26.7. The Morgan fingerprint density at radius 3 is 2.83 bits per heavy atom. The van der Waals surface area contributed by atoms with E-state index in [1.807, 2.05) is 6.92 Å². The van der Waals surface area contributed by atoms with Gasteiger partial charge in [0.15, 0.2) is 0 Å². The molecule has 0 spiro atoms. The van der Waals surface area contributed by atoms with Gasteiger partial charge in [0.1, 0.15) is 0 Å². The third-order valence-electron chi connectivity index (χ3n) is 3.22. The number of aromatic nitrogens is 1. The van der Waals surface area contributed by atoms with Crippen LogP contribution in [0.5, 0.6) is 0 Å². The van der Waals surface area contributed by atoms with Gasteiger partial charge in [-0.05, 0) is 50.4 Å². The van der Waals surface area contributed by atoms with Crippen LogP contribution >= 0.6 is 0 Å². The summed E-state index contributed by atoms with van der Waals surface area (Å²) in [5.74, 6) is 0.448. The van der Waals surface area contributed by atoms with Gasteiger partial charge in [-0.2, -0.15) is 0 Å². The molecule has 2 N–H and O–H groups in total. The molecule has 1 fully saturated rings. The number of piperidine rings is 1. The molecule has 1 aliphatic rings. The molecule has 18 heavy (non-hydrogen) atoms. The number of pyridine rings is 1. The maximum atomic E-state index is 12.1. The minimum atomic E-state index is -3.27. The lowest BCUT2D eigenvalue weighted by atomic mass is 10.0. The van der Waals surface area contributed by atoms with Crippen LogP contribution in [0.2, 0.25) is 0 Å². The predicted molar refractivity (Wildman–Crippen MR) is 72.0 cm³/mol. The first-order valence-electron chi connectivity index (χ1n) is 6.19. The van der Waals surface area contributed by atoms with Crippen LogP contribution < -0.4 is 10.0 Å². The Balaban J connectivity index is 2.01. The highest BCUT2D eigenvalue weighted by Gasteiger charge is 2.21. The molecule has 1 saturated heterocycles. The number of rotatable bonds is 4. The minimum absolute atomic E-state index is 0.197. The number of sulfonamides is 1. The molecule has 6 heteroatoms. The van der Waals surface area contributed by atoms with E-state index < -0.39 is 10.0 Å². The Kier molecular flexibility index (Phi) is 4.19. The van der Waals surface area contributed by atoms with Crippen molar-refractivity contribution in [2.75, 3.05) is 23.6 Å². The molecule has 1 aromatic rings. The van der Waals surface area contributed by atoms with E-state index >= 15 is 0 Å². The Bertz CT molecular complexity index is 496. The smallest absolute Gasteiger partial charge is 0.233 e. The molecule has 0 radical (unpaired) electrons. The summed E-state index contributed by atoms with van der Waals surface area (Å²) >= 11 is 0. The average molecular weight is 269 g/mol. The maximum Gasteiger partial charge on any atom is 0.233 e. The number of anilines is 1. The van der Waals surface area contributed by atoms with Crippen LogP contribution in [0.1, 0.15) is 18.4 Å². The SMILES string of the molecule is Cc1ccncc1NS(=O)(=O)CC1CCNCC1. The fraction of sp³-hybridized carbons (Fsp3) is 0.583. The highest BCUT2D eigenvalue weighted by molar-refractivity contribution is 7.92. The van der Waals surface area contributed by atoms with Crippen LogP contribution in [0.15, 0.2) is 18.5 Å². The third-order valence-corrected chi connectivity index (χ3v) is 4.66. The number of aryl methyl sites for hydroxylation is 1. The number of hydrogen-bond donors (Lipinski definition) is 2. The van der Waals surface area contributed by atoms with Crippen molar-refractivity contribution in [3.05, 3.63) is 24.0 Å². The second kappa shape index (κ2) is 5.67. The van der Waals surface area contributed by atoms with Gasteiger partial charge in [-0.1, -0.05) is 0 Å². The highest BCUT2D eigenvalue weighted by atomic mass is 32.2. The summed E-state index contributed by atoms with van der Waals surface area (Å²) in [4.78, 5) is 3.94. The van der Waals surface area contributed by atoms with E-state index in [4.69, 9.17) is 0 Å². The fourth-order valence-electron chi connectivity index (χ4n) is 2.14. The van der Waals surface area contributed by atoms with Crippen LogP contribution in [-0.4, -0.2) is 32.2 Å². The summed E-state index contributed by atoms with van der Waals surface area (Å²) in [6.45, 7) is 3.68. The van der Waals surface area contributed by atoms with Crippen molar-refractivity contribution < 1.29 is 8.42 Å². The summed E-state index contributed by atoms with van der Waals surface area (Å²) in [6.07, 6.45) is 5.05. The van der Waals surface area contributed by atoms with Crippen LogP contribution in [-0.2, 0) is 10.0 Å². The number of nitrogens with zero attached hydrogens (tertiary/aromatic N) is 1. The first-order chi connectivity index (χ1) is 8.57. The summed E-state index contributed by atoms with van der Waals surface area (Å²) in [5, 5.41) is 3.23. The molecule has 0 bridgehead atoms. The van der Waals surface area contributed by atoms with Gasteiger partial charge in [0.25, 0.3) is 0 Å². The average Bonchev–Trinajstić information content (AvgIpc) is 2.32.